The number of thiazole rings is 1. The zero-order valence-corrected chi connectivity index (χ0v) is 13.3. The van der Waals surface area contributed by atoms with Gasteiger partial charge in [0.05, 0.1) is 31.4 Å². The van der Waals surface area contributed by atoms with Crippen LogP contribution in [0.1, 0.15) is 38.8 Å². The molecule has 5 nitrogen and oxygen atoms in total. The van der Waals surface area contributed by atoms with Crippen LogP contribution in [0, 0.1) is 0 Å². The van der Waals surface area contributed by atoms with Crippen molar-refractivity contribution in [3.8, 4) is 0 Å². The van der Waals surface area contributed by atoms with Gasteiger partial charge < -0.3 is 14.8 Å². The summed E-state index contributed by atoms with van der Waals surface area (Å²) in [5.74, 6) is -0.168. The van der Waals surface area contributed by atoms with Crippen LogP contribution in [0.5, 0.6) is 0 Å². The zero-order valence-electron chi connectivity index (χ0n) is 12.5. The second-order valence-electron chi connectivity index (χ2n) is 4.53. The maximum atomic E-state index is 11.3. The van der Waals surface area contributed by atoms with Crippen molar-refractivity contribution in [2.45, 2.75) is 45.6 Å². The molecular weight excluding hydrogens is 276 g/mol. The lowest BCUT2D eigenvalue weighted by Gasteiger charge is -2.16. The largest absolute Gasteiger partial charge is 0.466 e. The highest BCUT2D eigenvalue weighted by Gasteiger charge is 2.11. The Balaban J connectivity index is 2.43. The van der Waals surface area contributed by atoms with E-state index in [2.05, 4.69) is 17.2 Å². The number of aromatic nitrogens is 1. The average molecular weight is 300 g/mol. The first-order chi connectivity index (χ1) is 9.69. The number of carbonyl (C=O) groups is 1. The Labute approximate surface area is 124 Å². The van der Waals surface area contributed by atoms with Gasteiger partial charge in [-0.25, -0.2) is 4.98 Å². The molecule has 1 N–H and O–H groups in total. The third kappa shape index (κ3) is 6.34. The summed E-state index contributed by atoms with van der Waals surface area (Å²) >= 11 is 1.56. The van der Waals surface area contributed by atoms with E-state index in [1.807, 2.05) is 12.3 Å². The number of esters is 1. The van der Waals surface area contributed by atoms with Crippen molar-refractivity contribution in [3.63, 3.8) is 0 Å². The van der Waals surface area contributed by atoms with Crippen LogP contribution in [0.3, 0.4) is 0 Å². The van der Waals surface area contributed by atoms with E-state index in [0.29, 0.717) is 26.1 Å². The number of nitrogens with zero attached hydrogens (tertiary/aromatic N) is 1. The SMILES string of the molecule is CCCC(COC)Nc1nc(CCC(=O)OCC)cs1. The minimum absolute atomic E-state index is 0.168. The number of anilines is 1. The van der Waals surface area contributed by atoms with Crippen molar-refractivity contribution < 1.29 is 14.3 Å². The van der Waals surface area contributed by atoms with Gasteiger partial charge in [-0.15, -0.1) is 11.3 Å². The second kappa shape index (κ2) is 9.72. The Kier molecular flexibility index (Phi) is 8.22. The van der Waals surface area contributed by atoms with Crippen LogP contribution in [-0.2, 0) is 20.7 Å². The summed E-state index contributed by atoms with van der Waals surface area (Å²) in [7, 11) is 1.71. The van der Waals surface area contributed by atoms with Crippen LogP contribution in [0.4, 0.5) is 5.13 Å². The summed E-state index contributed by atoms with van der Waals surface area (Å²) in [5, 5.41) is 6.25. The Hall–Kier alpha value is -1.14. The van der Waals surface area contributed by atoms with Gasteiger partial charge in [0, 0.05) is 18.9 Å². The molecule has 1 aromatic heterocycles. The lowest BCUT2D eigenvalue weighted by atomic mass is 10.2. The molecule has 1 aromatic rings. The Morgan fingerprint density at radius 3 is 2.95 bits per heavy atom. The standard InChI is InChI=1S/C14H24N2O3S/c1-4-6-11(9-18-3)15-14-16-12(10-20-14)7-8-13(17)19-5-2/h10-11H,4-9H2,1-3H3,(H,15,16). The highest BCUT2D eigenvalue weighted by Crippen LogP contribution is 2.18. The molecule has 0 aromatic carbocycles. The number of aryl methyl sites for hydroxylation is 1. The van der Waals surface area contributed by atoms with Crippen molar-refractivity contribution in [3.05, 3.63) is 11.1 Å². The van der Waals surface area contributed by atoms with Gasteiger partial charge in [-0.2, -0.15) is 0 Å². The highest BCUT2D eigenvalue weighted by molar-refractivity contribution is 7.13. The van der Waals surface area contributed by atoms with E-state index in [1.54, 1.807) is 18.4 Å². The van der Waals surface area contributed by atoms with E-state index >= 15 is 0 Å². The minimum Gasteiger partial charge on any atom is -0.466 e. The number of carbonyl (C=O) groups excluding carboxylic acids is 1. The molecule has 0 saturated heterocycles. The summed E-state index contributed by atoms with van der Waals surface area (Å²) in [4.78, 5) is 15.8. The van der Waals surface area contributed by atoms with Gasteiger partial charge in [-0.3, -0.25) is 4.79 Å². The molecule has 1 heterocycles. The molecular formula is C14H24N2O3S. The van der Waals surface area contributed by atoms with E-state index < -0.39 is 0 Å². The summed E-state index contributed by atoms with van der Waals surface area (Å²) in [6.45, 7) is 5.06. The molecule has 0 fully saturated rings. The quantitative estimate of drug-likeness (QED) is 0.673. The van der Waals surface area contributed by atoms with Gasteiger partial charge in [-0.05, 0) is 13.3 Å². The molecule has 6 heteroatoms. The van der Waals surface area contributed by atoms with Crippen LogP contribution in [0.2, 0.25) is 0 Å². The number of methoxy groups -OCH3 is 1. The number of rotatable bonds is 10. The molecule has 0 spiro atoms. The van der Waals surface area contributed by atoms with E-state index in [1.165, 1.54) is 0 Å². The summed E-state index contributed by atoms with van der Waals surface area (Å²) in [5.41, 5.74) is 0.929. The molecule has 0 aliphatic heterocycles. The average Bonchev–Trinajstić information content (AvgIpc) is 2.85. The number of hydrogen-bond donors (Lipinski definition) is 1. The fraction of sp³-hybridized carbons (Fsp3) is 0.714. The van der Waals surface area contributed by atoms with Gasteiger partial charge in [0.2, 0.25) is 0 Å². The van der Waals surface area contributed by atoms with Crippen molar-refractivity contribution in [1.82, 2.24) is 4.98 Å². The lowest BCUT2D eigenvalue weighted by Crippen LogP contribution is -2.24. The molecule has 0 aliphatic rings. The molecule has 1 atom stereocenters. The van der Waals surface area contributed by atoms with E-state index in [-0.39, 0.29) is 12.0 Å². The van der Waals surface area contributed by atoms with Gasteiger partial charge >= 0.3 is 5.97 Å². The normalized spacial score (nSPS) is 12.2. The van der Waals surface area contributed by atoms with Crippen molar-refractivity contribution >= 4 is 22.4 Å². The smallest absolute Gasteiger partial charge is 0.306 e. The van der Waals surface area contributed by atoms with E-state index in [9.17, 15) is 4.79 Å². The molecule has 0 saturated carbocycles. The summed E-state index contributed by atoms with van der Waals surface area (Å²) in [6, 6.07) is 0.286. The fourth-order valence-corrected chi connectivity index (χ4v) is 2.70. The van der Waals surface area contributed by atoms with Gasteiger partial charge in [-0.1, -0.05) is 13.3 Å². The van der Waals surface area contributed by atoms with Gasteiger partial charge in [0.25, 0.3) is 0 Å². The molecule has 114 valence electrons. The predicted molar refractivity (Wildman–Crippen MR) is 81.3 cm³/mol. The maximum absolute atomic E-state index is 11.3. The Morgan fingerprint density at radius 1 is 1.50 bits per heavy atom. The Bertz CT molecular complexity index is 390. The monoisotopic (exact) mass is 300 g/mol. The van der Waals surface area contributed by atoms with E-state index in [4.69, 9.17) is 9.47 Å². The third-order valence-corrected chi connectivity index (χ3v) is 3.60. The van der Waals surface area contributed by atoms with E-state index in [0.717, 1.165) is 23.7 Å². The molecule has 0 aliphatic carbocycles. The third-order valence-electron chi connectivity index (χ3n) is 2.77. The molecule has 0 radical (unpaired) electrons. The minimum atomic E-state index is -0.168. The summed E-state index contributed by atoms with van der Waals surface area (Å²) < 4.78 is 10.1. The summed E-state index contributed by atoms with van der Waals surface area (Å²) in [6.07, 6.45) is 3.15. The first kappa shape index (κ1) is 16.9. The van der Waals surface area contributed by atoms with Crippen LogP contribution >= 0.6 is 11.3 Å². The predicted octanol–water partition coefficient (Wildman–Crippen LogP) is 2.87. The second-order valence-corrected chi connectivity index (χ2v) is 5.39. The van der Waals surface area contributed by atoms with Gasteiger partial charge in [0.1, 0.15) is 0 Å². The first-order valence-electron chi connectivity index (χ1n) is 7.05. The van der Waals surface area contributed by atoms with Crippen molar-refractivity contribution in [2.75, 3.05) is 25.6 Å². The van der Waals surface area contributed by atoms with Crippen LogP contribution in [0.15, 0.2) is 5.38 Å². The first-order valence-corrected chi connectivity index (χ1v) is 7.93. The fourth-order valence-electron chi connectivity index (χ4n) is 1.87. The van der Waals surface area contributed by atoms with Crippen molar-refractivity contribution in [2.24, 2.45) is 0 Å². The van der Waals surface area contributed by atoms with Crippen LogP contribution in [0.25, 0.3) is 0 Å². The zero-order chi connectivity index (χ0) is 14.8. The lowest BCUT2D eigenvalue weighted by molar-refractivity contribution is -0.143. The number of nitrogens with one attached hydrogen (secondary N) is 1. The topological polar surface area (TPSA) is 60.5 Å². The van der Waals surface area contributed by atoms with Crippen LogP contribution in [-0.4, -0.2) is 37.3 Å². The van der Waals surface area contributed by atoms with Crippen LogP contribution < -0.4 is 5.32 Å². The van der Waals surface area contributed by atoms with Gasteiger partial charge in [0.15, 0.2) is 5.13 Å². The molecule has 0 bridgehead atoms. The highest BCUT2D eigenvalue weighted by atomic mass is 32.1. The molecule has 0 amide bonds. The Morgan fingerprint density at radius 2 is 2.30 bits per heavy atom. The molecule has 20 heavy (non-hydrogen) atoms. The maximum Gasteiger partial charge on any atom is 0.306 e. The van der Waals surface area contributed by atoms with Crippen molar-refractivity contribution in [1.29, 1.82) is 0 Å². The molecule has 1 unspecified atom stereocenters. The number of hydrogen-bond acceptors (Lipinski definition) is 6. The molecule has 1 rings (SSSR count). The number of ether oxygens (including phenoxy) is 2.